The molecule has 0 bridgehead atoms. The first-order chi connectivity index (χ1) is 7.95. The molecule has 1 unspecified atom stereocenters. The summed E-state index contributed by atoms with van der Waals surface area (Å²) in [5, 5.41) is -5.63. The molecular weight excluding hydrogens is 284 g/mol. The number of methoxy groups -OCH3 is 1. The molecule has 0 aliphatic carbocycles. The highest BCUT2D eigenvalue weighted by molar-refractivity contribution is 7.86. The Hall–Kier alpha value is -0.450. The quantitative estimate of drug-likeness (QED) is 0.294. The van der Waals surface area contributed by atoms with Crippen LogP contribution >= 0.6 is 0 Å². The fraction of sp³-hybridized carbons (Fsp3) is 1.00. The van der Waals surface area contributed by atoms with Gasteiger partial charge in [-0.1, -0.05) is 0 Å². The SMILES string of the molecule is COC(C)OCCCC(F)(F)C(F)(F)S(=O)(=O)[O-]. The number of rotatable bonds is 8. The van der Waals surface area contributed by atoms with Gasteiger partial charge in [-0.15, -0.1) is 0 Å². The highest BCUT2D eigenvalue weighted by Gasteiger charge is 2.60. The minimum absolute atomic E-state index is 0.334. The summed E-state index contributed by atoms with van der Waals surface area (Å²) in [6.45, 7) is 1.12. The lowest BCUT2D eigenvalue weighted by molar-refractivity contribution is -0.170. The van der Waals surface area contributed by atoms with Crippen LogP contribution in [-0.2, 0) is 19.6 Å². The van der Waals surface area contributed by atoms with Crippen LogP contribution < -0.4 is 0 Å². The molecule has 1 atom stereocenters. The lowest BCUT2D eigenvalue weighted by atomic mass is 10.2. The Labute approximate surface area is 102 Å². The van der Waals surface area contributed by atoms with Gasteiger partial charge in [-0.05, 0) is 13.3 Å². The van der Waals surface area contributed by atoms with Gasteiger partial charge in [-0.2, -0.15) is 17.6 Å². The van der Waals surface area contributed by atoms with Crippen molar-refractivity contribution < 1.29 is 40.0 Å². The van der Waals surface area contributed by atoms with E-state index in [9.17, 15) is 30.5 Å². The maximum absolute atomic E-state index is 12.9. The minimum Gasteiger partial charge on any atom is -0.743 e. The van der Waals surface area contributed by atoms with Gasteiger partial charge in [0, 0.05) is 20.1 Å². The monoisotopic (exact) mass is 297 g/mol. The molecule has 5 nitrogen and oxygen atoms in total. The van der Waals surface area contributed by atoms with E-state index < -0.39 is 40.4 Å². The third-order valence-electron chi connectivity index (χ3n) is 2.06. The number of halogens is 4. The summed E-state index contributed by atoms with van der Waals surface area (Å²) in [6.07, 6.45) is -2.74. The van der Waals surface area contributed by atoms with Crippen molar-refractivity contribution in [1.29, 1.82) is 0 Å². The average Bonchev–Trinajstić information content (AvgIpc) is 2.22. The summed E-state index contributed by atoms with van der Waals surface area (Å²) in [4.78, 5) is 0. The fourth-order valence-corrected chi connectivity index (χ4v) is 1.41. The van der Waals surface area contributed by atoms with Crippen LogP contribution in [0.25, 0.3) is 0 Å². The van der Waals surface area contributed by atoms with E-state index in [0.717, 1.165) is 0 Å². The first kappa shape index (κ1) is 17.6. The van der Waals surface area contributed by atoms with Crippen molar-refractivity contribution in [2.45, 2.75) is 37.2 Å². The molecule has 0 aliphatic rings. The van der Waals surface area contributed by atoms with E-state index in [1.807, 2.05) is 0 Å². The first-order valence-electron chi connectivity index (χ1n) is 4.81. The second kappa shape index (κ2) is 6.13. The standard InChI is InChI=1S/C8H14F4O5S/c1-6(16-2)17-5-3-4-7(9,10)8(11,12)18(13,14)15/h6H,3-5H2,1-2H3,(H,13,14,15)/p-1. The number of hydrogen-bond donors (Lipinski definition) is 0. The summed E-state index contributed by atoms with van der Waals surface area (Å²) in [5.41, 5.74) is 0. The predicted octanol–water partition coefficient (Wildman–Crippen LogP) is 1.55. The summed E-state index contributed by atoms with van der Waals surface area (Å²) in [5.74, 6) is -4.94. The second-order valence-corrected chi connectivity index (χ2v) is 4.87. The Morgan fingerprint density at radius 3 is 2.17 bits per heavy atom. The molecule has 0 fully saturated rings. The highest BCUT2D eigenvalue weighted by atomic mass is 32.2. The van der Waals surface area contributed by atoms with Crippen molar-refractivity contribution in [3.63, 3.8) is 0 Å². The van der Waals surface area contributed by atoms with Crippen molar-refractivity contribution in [1.82, 2.24) is 0 Å². The smallest absolute Gasteiger partial charge is 0.396 e. The van der Waals surface area contributed by atoms with Crippen LogP contribution in [0.5, 0.6) is 0 Å². The van der Waals surface area contributed by atoms with Crippen molar-refractivity contribution in [3.8, 4) is 0 Å². The van der Waals surface area contributed by atoms with E-state index >= 15 is 0 Å². The predicted molar refractivity (Wildman–Crippen MR) is 51.2 cm³/mol. The van der Waals surface area contributed by atoms with Crippen LogP contribution in [0.4, 0.5) is 17.6 Å². The number of alkyl halides is 4. The van der Waals surface area contributed by atoms with Gasteiger partial charge in [0.25, 0.3) is 0 Å². The summed E-state index contributed by atoms with van der Waals surface area (Å²) < 4.78 is 90.6. The van der Waals surface area contributed by atoms with E-state index in [2.05, 4.69) is 4.74 Å². The second-order valence-electron chi connectivity index (χ2n) is 3.45. The largest absolute Gasteiger partial charge is 0.743 e. The van der Waals surface area contributed by atoms with Crippen LogP contribution in [0.1, 0.15) is 19.8 Å². The molecule has 0 radical (unpaired) electrons. The zero-order valence-electron chi connectivity index (χ0n) is 9.66. The fourth-order valence-electron chi connectivity index (χ4n) is 0.940. The Kier molecular flexibility index (Phi) is 5.98. The maximum atomic E-state index is 12.9. The van der Waals surface area contributed by atoms with Crippen molar-refractivity contribution in [2.24, 2.45) is 0 Å². The minimum atomic E-state index is -6.42. The number of ether oxygens (including phenoxy) is 2. The van der Waals surface area contributed by atoms with Crippen LogP contribution in [0.2, 0.25) is 0 Å². The average molecular weight is 297 g/mol. The molecular formula is C8H13F4O5S-. The van der Waals surface area contributed by atoms with Gasteiger partial charge in [-0.3, -0.25) is 0 Å². The van der Waals surface area contributed by atoms with Crippen molar-refractivity contribution in [3.05, 3.63) is 0 Å². The first-order valence-corrected chi connectivity index (χ1v) is 6.22. The van der Waals surface area contributed by atoms with Gasteiger partial charge in [-0.25, -0.2) is 8.42 Å². The van der Waals surface area contributed by atoms with E-state index in [1.165, 1.54) is 14.0 Å². The van der Waals surface area contributed by atoms with E-state index in [1.54, 1.807) is 0 Å². The Balaban J connectivity index is 4.41. The van der Waals surface area contributed by atoms with Crippen LogP contribution in [0.3, 0.4) is 0 Å². The summed E-state index contributed by atoms with van der Waals surface area (Å²) >= 11 is 0. The molecule has 0 aromatic heterocycles. The molecule has 18 heavy (non-hydrogen) atoms. The molecule has 10 heteroatoms. The van der Waals surface area contributed by atoms with Gasteiger partial charge in [0.2, 0.25) is 0 Å². The van der Waals surface area contributed by atoms with Gasteiger partial charge in [0.1, 0.15) is 0 Å². The van der Waals surface area contributed by atoms with Crippen LogP contribution in [0.15, 0.2) is 0 Å². The third kappa shape index (κ3) is 4.34. The molecule has 0 aliphatic heterocycles. The van der Waals surface area contributed by atoms with Crippen molar-refractivity contribution >= 4 is 10.1 Å². The normalized spacial score (nSPS) is 15.7. The molecule has 0 spiro atoms. The lowest BCUT2D eigenvalue weighted by Gasteiger charge is -2.28. The third-order valence-corrected chi connectivity index (χ3v) is 2.99. The molecule has 0 N–H and O–H groups in total. The molecule has 0 saturated heterocycles. The highest BCUT2D eigenvalue weighted by Crippen LogP contribution is 2.41. The van der Waals surface area contributed by atoms with Gasteiger partial charge < -0.3 is 14.0 Å². The van der Waals surface area contributed by atoms with E-state index in [4.69, 9.17) is 4.74 Å². The van der Waals surface area contributed by atoms with Crippen molar-refractivity contribution in [2.75, 3.05) is 13.7 Å². The maximum Gasteiger partial charge on any atom is 0.396 e. The topological polar surface area (TPSA) is 75.7 Å². The molecule has 0 amide bonds. The van der Waals surface area contributed by atoms with Gasteiger partial charge in [0.15, 0.2) is 16.4 Å². The molecule has 0 aromatic rings. The Morgan fingerprint density at radius 1 is 1.28 bits per heavy atom. The molecule has 0 heterocycles. The molecule has 0 rings (SSSR count). The van der Waals surface area contributed by atoms with Crippen LogP contribution in [-0.4, -0.2) is 44.2 Å². The Bertz CT molecular complexity index is 356. The van der Waals surface area contributed by atoms with E-state index in [0.29, 0.717) is 0 Å². The Morgan fingerprint density at radius 2 is 1.78 bits per heavy atom. The van der Waals surface area contributed by atoms with Crippen LogP contribution in [0, 0.1) is 0 Å². The molecule has 110 valence electrons. The van der Waals surface area contributed by atoms with Gasteiger partial charge in [0.05, 0.1) is 0 Å². The summed E-state index contributed by atoms with van der Waals surface area (Å²) in [6, 6.07) is 0. The number of hydrogen-bond acceptors (Lipinski definition) is 5. The zero-order valence-corrected chi connectivity index (χ0v) is 10.5. The summed E-state index contributed by atoms with van der Waals surface area (Å²) in [7, 11) is -5.13. The lowest BCUT2D eigenvalue weighted by Crippen LogP contribution is -2.46. The van der Waals surface area contributed by atoms with Gasteiger partial charge >= 0.3 is 11.2 Å². The van der Waals surface area contributed by atoms with E-state index in [-0.39, 0.29) is 6.61 Å². The molecule has 0 aromatic carbocycles. The molecule has 0 saturated carbocycles. The zero-order chi connectivity index (χ0) is 14.6.